The van der Waals surface area contributed by atoms with Gasteiger partial charge in [0.25, 0.3) is 5.91 Å². The van der Waals surface area contributed by atoms with Crippen LogP contribution in [0.3, 0.4) is 0 Å². The maximum absolute atomic E-state index is 13.1. The van der Waals surface area contributed by atoms with Crippen molar-refractivity contribution in [1.82, 2.24) is 4.57 Å². The van der Waals surface area contributed by atoms with Crippen molar-refractivity contribution in [3.05, 3.63) is 88.7 Å². The second kappa shape index (κ2) is 8.07. The number of hydrogen-bond acceptors (Lipinski definition) is 3. The molecule has 5 nitrogen and oxygen atoms in total. The molecule has 2 aromatic carbocycles. The molecule has 3 aromatic rings. The van der Waals surface area contributed by atoms with Crippen molar-refractivity contribution in [2.75, 3.05) is 18.5 Å². The van der Waals surface area contributed by atoms with Crippen LogP contribution in [0.15, 0.2) is 65.8 Å². The first-order chi connectivity index (χ1) is 14.1. The maximum atomic E-state index is 13.1. The molecule has 0 aliphatic carbocycles. The van der Waals surface area contributed by atoms with Gasteiger partial charge in [0.15, 0.2) is 0 Å². The van der Waals surface area contributed by atoms with E-state index < -0.39 is 0 Å². The van der Waals surface area contributed by atoms with Crippen molar-refractivity contribution in [1.29, 1.82) is 0 Å². The van der Waals surface area contributed by atoms with Gasteiger partial charge < -0.3 is 14.6 Å². The average molecular weight is 383 g/mol. The summed E-state index contributed by atoms with van der Waals surface area (Å²) in [6.07, 6.45) is 1.84. The summed E-state index contributed by atoms with van der Waals surface area (Å²) in [5, 5.41) is 2.99. The summed E-state index contributed by atoms with van der Waals surface area (Å²) >= 11 is 0. The fourth-order valence-corrected chi connectivity index (χ4v) is 3.15. The molecule has 0 bridgehead atoms. The molecule has 2 heterocycles. The minimum atomic E-state index is -0.225. The van der Waals surface area contributed by atoms with Crippen LogP contribution in [0.5, 0.6) is 0 Å². The van der Waals surface area contributed by atoms with Crippen molar-refractivity contribution in [3.63, 3.8) is 0 Å². The van der Waals surface area contributed by atoms with Gasteiger partial charge in [-0.15, -0.1) is 0 Å². The smallest absolute Gasteiger partial charge is 0.273 e. The molecule has 0 fully saturated rings. The van der Waals surface area contributed by atoms with Gasteiger partial charge in [0.2, 0.25) is 5.90 Å². The number of rotatable bonds is 3. The van der Waals surface area contributed by atoms with E-state index in [2.05, 4.69) is 22.2 Å². The third-order valence-electron chi connectivity index (χ3n) is 4.67. The molecule has 0 unspecified atom stereocenters. The number of nitrogens with zero attached hydrogens (tertiary/aromatic N) is 2. The molecule has 0 saturated carbocycles. The summed E-state index contributed by atoms with van der Waals surface area (Å²) in [7, 11) is 1.84. The van der Waals surface area contributed by atoms with E-state index in [1.165, 1.54) is 5.56 Å². The van der Waals surface area contributed by atoms with Crippen molar-refractivity contribution in [3.8, 4) is 11.8 Å². The number of carbonyl (C=O) groups excluding carboxylic acids is 1. The summed E-state index contributed by atoms with van der Waals surface area (Å²) in [6.45, 7) is 3.24. The fourth-order valence-electron chi connectivity index (χ4n) is 3.15. The van der Waals surface area contributed by atoms with Crippen molar-refractivity contribution in [2.24, 2.45) is 12.0 Å². The normalized spacial score (nSPS) is 12.6. The summed E-state index contributed by atoms with van der Waals surface area (Å²) < 4.78 is 7.34. The predicted molar refractivity (Wildman–Crippen MR) is 114 cm³/mol. The Morgan fingerprint density at radius 1 is 1.10 bits per heavy atom. The quantitative estimate of drug-likeness (QED) is 0.700. The lowest BCUT2D eigenvalue weighted by Gasteiger charge is -2.11. The number of nitrogens with one attached hydrogen (secondary N) is 1. The number of amides is 1. The largest absolute Gasteiger partial charge is 0.475 e. The van der Waals surface area contributed by atoms with Gasteiger partial charge in [-0.05, 0) is 37.3 Å². The molecule has 1 aliphatic heterocycles. The minimum Gasteiger partial charge on any atom is -0.475 e. The van der Waals surface area contributed by atoms with Gasteiger partial charge in [-0.25, -0.2) is 4.99 Å². The first-order valence-electron chi connectivity index (χ1n) is 9.44. The highest BCUT2D eigenvalue weighted by Gasteiger charge is 2.19. The van der Waals surface area contributed by atoms with Gasteiger partial charge in [0, 0.05) is 18.8 Å². The number of aromatic nitrogens is 1. The minimum absolute atomic E-state index is 0.225. The number of aliphatic imine (C=N–C) groups is 1. The molecule has 1 amide bonds. The molecular weight excluding hydrogens is 362 g/mol. The van der Waals surface area contributed by atoms with Gasteiger partial charge in [-0.2, -0.15) is 0 Å². The van der Waals surface area contributed by atoms with Crippen LogP contribution in [-0.4, -0.2) is 29.5 Å². The Hall–Kier alpha value is -3.78. The Labute approximate surface area is 170 Å². The van der Waals surface area contributed by atoms with Gasteiger partial charge in [-0.3, -0.25) is 4.79 Å². The first kappa shape index (κ1) is 18.6. The van der Waals surface area contributed by atoms with Crippen molar-refractivity contribution < 1.29 is 9.53 Å². The molecular formula is C24H21N3O2. The maximum Gasteiger partial charge on any atom is 0.273 e. The number of aryl methyl sites for hydroxylation is 2. The van der Waals surface area contributed by atoms with E-state index in [9.17, 15) is 4.79 Å². The lowest BCUT2D eigenvalue weighted by Crippen LogP contribution is -2.19. The van der Waals surface area contributed by atoms with Crippen LogP contribution in [-0.2, 0) is 11.8 Å². The second-order valence-electron chi connectivity index (χ2n) is 6.84. The standard InChI is InChI=1S/C24H21N3O2/c1-17-7-9-18(10-8-17)11-12-19-13-15-27(2)22(19)23(28)26-21-6-4-3-5-20(21)24-25-14-16-29-24/h3-10,13,15H,14,16H2,1-2H3,(H,26,28). The van der Waals surface area contributed by atoms with Crippen LogP contribution in [0.25, 0.3) is 0 Å². The van der Waals surface area contributed by atoms with Crippen LogP contribution >= 0.6 is 0 Å². The summed E-state index contributed by atoms with van der Waals surface area (Å²) in [4.78, 5) is 17.4. The Balaban J connectivity index is 1.61. The summed E-state index contributed by atoms with van der Waals surface area (Å²) in [5.74, 6) is 6.60. The number of anilines is 1. The number of hydrogen-bond donors (Lipinski definition) is 1. The monoisotopic (exact) mass is 383 g/mol. The molecule has 0 spiro atoms. The van der Waals surface area contributed by atoms with Gasteiger partial charge >= 0.3 is 0 Å². The lowest BCUT2D eigenvalue weighted by atomic mass is 10.1. The molecule has 1 N–H and O–H groups in total. The zero-order valence-corrected chi connectivity index (χ0v) is 16.4. The van der Waals surface area contributed by atoms with Gasteiger partial charge in [0.1, 0.15) is 12.3 Å². The second-order valence-corrected chi connectivity index (χ2v) is 6.84. The average Bonchev–Trinajstić information content (AvgIpc) is 3.38. The van der Waals surface area contributed by atoms with Gasteiger partial charge in [-0.1, -0.05) is 41.7 Å². The first-order valence-corrected chi connectivity index (χ1v) is 9.44. The number of ether oxygens (including phenoxy) is 1. The molecule has 0 saturated heterocycles. The van der Waals surface area contributed by atoms with E-state index >= 15 is 0 Å². The molecule has 1 aliphatic rings. The SMILES string of the molecule is Cc1ccc(C#Cc2ccn(C)c2C(=O)Nc2ccccc2C2=NCCO2)cc1. The highest BCUT2D eigenvalue weighted by Crippen LogP contribution is 2.20. The molecule has 1 aromatic heterocycles. The predicted octanol–water partition coefficient (Wildman–Crippen LogP) is 3.76. The molecule has 5 heteroatoms. The molecule has 144 valence electrons. The van der Waals surface area contributed by atoms with Crippen molar-refractivity contribution in [2.45, 2.75) is 6.92 Å². The Bertz CT molecular complexity index is 1140. The molecule has 0 radical (unpaired) electrons. The highest BCUT2D eigenvalue weighted by molar-refractivity contribution is 6.09. The van der Waals surface area contributed by atoms with Crippen LogP contribution in [0, 0.1) is 18.8 Å². The molecule has 4 rings (SSSR count). The fraction of sp³-hybridized carbons (Fsp3) is 0.167. The van der Waals surface area contributed by atoms with E-state index in [1.54, 1.807) is 4.57 Å². The number of carbonyl (C=O) groups is 1. The van der Waals surface area contributed by atoms with E-state index in [1.807, 2.05) is 74.8 Å². The van der Waals surface area contributed by atoms with Gasteiger partial charge in [0.05, 0.1) is 23.4 Å². The van der Waals surface area contributed by atoms with Crippen LogP contribution in [0.1, 0.15) is 32.7 Å². The third-order valence-corrected chi connectivity index (χ3v) is 4.67. The summed E-state index contributed by atoms with van der Waals surface area (Å²) in [5.41, 5.74) is 4.72. The Morgan fingerprint density at radius 3 is 2.66 bits per heavy atom. The Morgan fingerprint density at radius 2 is 1.90 bits per heavy atom. The molecule has 0 atom stereocenters. The van der Waals surface area contributed by atoms with E-state index in [0.29, 0.717) is 36.0 Å². The number of para-hydroxylation sites is 1. The zero-order chi connectivity index (χ0) is 20.2. The Kier molecular flexibility index (Phi) is 5.17. The zero-order valence-electron chi connectivity index (χ0n) is 16.4. The lowest BCUT2D eigenvalue weighted by molar-refractivity contribution is 0.101. The van der Waals surface area contributed by atoms with E-state index in [-0.39, 0.29) is 5.91 Å². The van der Waals surface area contributed by atoms with Crippen LogP contribution in [0.4, 0.5) is 5.69 Å². The highest BCUT2D eigenvalue weighted by atomic mass is 16.5. The van der Waals surface area contributed by atoms with E-state index in [0.717, 1.165) is 11.1 Å². The van der Waals surface area contributed by atoms with Crippen LogP contribution in [0.2, 0.25) is 0 Å². The van der Waals surface area contributed by atoms with E-state index in [4.69, 9.17) is 4.74 Å². The van der Waals surface area contributed by atoms with Crippen LogP contribution < -0.4 is 5.32 Å². The summed E-state index contributed by atoms with van der Waals surface area (Å²) in [6, 6.07) is 17.4. The topological polar surface area (TPSA) is 55.6 Å². The molecule has 29 heavy (non-hydrogen) atoms. The number of benzene rings is 2. The van der Waals surface area contributed by atoms with Crippen molar-refractivity contribution >= 4 is 17.5 Å². The third kappa shape index (κ3) is 4.07.